The highest BCUT2D eigenvalue weighted by Gasteiger charge is 2.21. The van der Waals surface area contributed by atoms with Crippen LogP contribution < -0.4 is 15.1 Å². The molecular formula is C44H27N5OS. The molecule has 1 aliphatic heterocycles. The first-order valence-electron chi connectivity index (χ1n) is 17.0. The van der Waals surface area contributed by atoms with E-state index in [1.165, 1.54) is 25.9 Å². The van der Waals surface area contributed by atoms with Crippen LogP contribution in [0.2, 0.25) is 0 Å². The van der Waals surface area contributed by atoms with Crippen molar-refractivity contribution in [3.63, 3.8) is 0 Å². The number of nitrogens with zero attached hydrogens (tertiary/aromatic N) is 4. The molecule has 4 aromatic heterocycles. The average Bonchev–Trinajstić information content (AvgIpc) is 3.87. The maximum absolute atomic E-state index is 6.16. The number of hydrogen-bond donors (Lipinski definition) is 1. The molecule has 1 N–H and O–H groups in total. The molecule has 11 rings (SSSR count). The minimum absolute atomic E-state index is 0.613. The maximum Gasteiger partial charge on any atom is 0.165 e. The highest BCUT2D eigenvalue weighted by molar-refractivity contribution is 7.17. The topological polar surface area (TPSA) is 68.8 Å². The van der Waals surface area contributed by atoms with Crippen molar-refractivity contribution in [3.8, 4) is 39.9 Å². The molecule has 0 unspecified atom stereocenters. The van der Waals surface area contributed by atoms with Crippen LogP contribution in [-0.2, 0) is 0 Å². The Bertz CT molecular complexity index is 3100. The van der Waals surface area contributed by atoms with E-state index in [1.54, 1.807) is 11.3 Å². The van der Waals surface area contributed by atoms with Crippen LogP contribution in [0.1, 0.15) is 0 Å². The standard InChI is InChI=1S/C44H27N5OS/c1-2-10-26(11-3-1)42-46-43(27-18-19-39-33(22-27)31-14-6-9-17-38(31)50-39)48-44(47-42)35-24-28(23-34-32-20-21-45-25-40(32)51-41(34)35)49-36-15-7-4-12-29(36)30-13-5-8-16-37(30)49/h1-20,22-25,45H,21H2. The van der Waals surface area contributed by atoms with Gasteiger partial charge in [-0.15, -0.1) is 11.3 Å². The van der Waals surface area contributed by atoms with E-state index in [1.807, 2.05) is 48.5 Å². The summed E-state index contributed by atoms with van der Waals surface area (Å²) in [5, 5.41) is 10.4. The highest BCUT2D eigenvalue weighted by atomic mass is 32.1. The van der Waals surface area contributed by atoms with Crippen LogP contribution in [0.4, 0.5) is 0 Å². The van der Waals surface area contributed by atoms with E-state index >= 15 is 0 Å². The zero-order valence-electron chi connectivity index (χ0n) is 27.2. The summed E-state index contributed by atoms with van der Waals surface area (Å²) in [7, 11) is 0. The van der Waals surface area contributed by atoms with Crippen LogP contribution in [0.25, 0.3) is 106 Å². The van der Waals surface area contributed by atoms with Gasteiger partial charge in [0.15, 0.2) is 17.5 Å². The van der Waals surface area contributed by atoms with Crippen molar-refractivity contribution < 1.29 is 4.42 Å². The Morgan fingerprint density at radius 2 is 1.24 bits per heavy atom. The molecule has 0 saturated carbocycles. The summed E-state index contributed by atoms with van der Waals surface area (Å²) in [4.78, 5) is 15.6. The van der Waals surface area contributed by atoms with Crippen molar-refractivity contribution in [1.82, 2.24) is 24.8 Å². The molecule has 1 aliphatic rings. The van der Waals surface area contributed by atoms with Gasteiger partial charge < -0.3 is 14.3 Å². The monoisotopic (exact) mass is 673 g/mol. The Morgan fingerprint density at radius 1 is 0.569 bits per heavy atom. The summed E-state index contributed by atoms with van der Waals surface area (Å²) < 4.78 is 10.9. The molecule has 51 heavy (non-hydrogen) atoms. The van der Waals surface area contributed by atoms with Gasteiger partial charge in [0.05, 0.1) is 15.6 Å². The first-order chi connectivity index (χ1) is 25.3. The van der Waals surface area contributed by atoms with Crippen LogP contribution >= 0.6 is 11.3 Å². The Kier molecular flexibility index (Phi) is 6.08. The maximum atomic E-state index is 6.16. The quantitative estimate of drug-likeness (QED) is 0.202. The Hall–Kier alpha value is -6.57. The molecule has 0 atom stereocenters. The molecule has 6 nitrogen and oxygen atoms in total. The molecular weight excluding hydrogens is 647 g/mol. The predicted molar refractivity (Wildman–Crippen MR) is 209 cm³/mol. The van der Waals surface area contributed by atoms with Crippen LogP contribution in [0, 0.1) is 0 Å². The van der Waals surface area contributed by atoms with Gasteiger partial charge in [0.1, 0.15) is 11.2 Å². The van der Waals surface area contributed by atoms with E-state index in [0.717, 1.165) is 66.6 Å². The van der Waals surface area contributed by atoms with Gasteiger partial charge in [-0.1, -0.05) is 91.0 Å². The van der Waals surface area contributed by atoms with E-state index in [0.29, 0.717) is 17.5 Å². The van der Waals surface area contributed by atoms with E-state index in [-0.39, 0.29) is 0 Å². The third kappa shape index (κ3) is 4.38. The van der Waals surface area contributed by atoms with Crippen LogP contribution in [-0.4, -0.2) is 26.1 Å². The third-order valence-corrected chi connectivity index (χ3v) is 11.1. The summed E-state index contributed by atoms with van der Waals surface area (Å²) in [6, 6.07) is 46.4. The molecule has 6 aromatic carbocycles. The number of aromatic nitrogens is 4. The minimum atomic E-state index is 0.613. The number of benzene rings is 6. The number of hydrogen-bond acceptors (Lipinski definition) is 6. The first-order valence-corrected chi connectivity index (χ1v) is 17.8. The van der Waals surface area contributed by atoms with Crippen molar-refractivity contribution >= 4 is 77.4 Å². The molecule has 7 heteroatoms. The fourth-order valence-electron chi connectivity index (χ4n) is 7.55. The fourth-order valence-corrected chi connectivity index (χ4v) is 8.76. The number of fused-ring (bicyclic) bond motifs is 9. The fraction of sp³-hybridized carbons (Fsp3) is 0.0227. The number of para-hydroxylation sites is 3. The second-order valence-electron chi connectivity index (χ2n) is 12.9. The summed E-state index contributed by atoms with van der Waals surface area (Å²) >= 11 is 1.77. The van der Waals surface area contributed by atoms with Gasteiger partial charge in [0.25, 0.3) is 0 Å². The Labute approximate surface area is 295 Å². The van der Waals surface area contributed by atoms with Gasteiger partial charge in [-0.3, -0.25) is 0 Å². The lowest BCUT2D eigenvalue weighted by Gasteiger charge is -2.13. The van der Waals surface area contributed by atoms with Gasteiger partial charge >= 0.3 is 0 Å². The average molecular weight is 674 g/mol. The normalized spacial score (nSPS) is 12.7. The van der Waals surface area contributed by atoms with Crippen LogP contribution in [0.3, 0.4) is 0 Å². The summed E-state index contributed by atoms with van der Waals surface area (Å²) in [5.74, 6) is 1.88. The molecule has 0 fully saturated rings. The molecule has 0 bridgehead atoms. The second kappa shape index (κ2) is 11.0. The lowest BCUT2D eigenvalue weighted by molar-refractivity contribution is 0.669. The number of nitrogens with one attached hydrogen (secondary N) is 1. The Morgan fingerprint density at radius 3 is 2.04 bits per heavy atom. The largest absolute Gasteiger partial charge is 0.456 e. The predicted octanol–water partition coefficient (Wildman–Crippen LogP) is 9.21. The summed E-state index contributed by atoms with van der Waals surface area (Å²) in [6.45, 7) is 0.785. The molecule has 240 valence electrons. The number of furan rings is 1. The van der Waals surface area contributed by atoms with Gasteiger partial charge in [0, 0.05) is 66.8 Å². The molecule has 0 saturated heterocycles. The van der Waals surface area contributed by atoms with Crippen LogP contribution in [0.15, 0.2) is 138 Å². The van der Waals surface area contributed by atoms with E-state index < -0.39 is 0 Å². The number of thiophene rings is 1. The lowest BCUT2D eigenvalue weighted by Crippen LogP contribution is -2.28. The Balaban J connectivity index is 1.22. The van der Waals surface area contributed by atoms with E-state index in [2.05, 4.69) is 107 Å². The van der Waals surface area contributed by atoms with E-state index in [9.17, 15) is 0 Å². The van der Waals surface area contributed by atoms with Crippen molar-refractivity contribution in [1.29, 1.82) is 0 Å². The van der Waals surface area contributed by atoms with Crippen molar-refractivity contribution in [2.45, 2.75) is 0 Å². The second-order valence-corrected chi connectivity index (χ2v) is 13.9. The number of rotatable bonds is 4. The summed E-state index contributed by atoms with van der Waals surface area (Å²) in [6.07, 6.45) is 4.41. The molecule has 0 radical (unpaired) electrons. The lowest BCUT2D eigenvalue weighted by atomic mass is 10.1. The van der Waals surface area contributed by atoms with Gasteiger partial charge in [-0.2, -0.15) is 0 Å². The zero-order chi connectivity index (χ0) is 33.5. The van der Waals surface area contributed by atoms with Gasteiger partial charge in [0.2, 0.25) is 0 Å². The molecule has 10 aromatic rings. The highest BCUT2D eigenvalue weighted by Crippen LogP contribution is 2.38. The van der Waals surface area contributed by atoms with Crippen LogP contribution in [0.5, 0.6) is 0 Å². The molecule has 0 aliphatic carbocycles. The van der Waals surface area contributed by atoms with Gasteiger partial charge in [-0.25, -0.2) is 15.0 Å². The van der Waals surface area contributed by atoms with Gasteiger partial charge in [-0.05, 0) is 53.7 Å². The molecule has 0 amide bonds. The van der Waals surface area contributed by atoms with Crippen molar-refractivity contribution in [3.05, 3.63) is 143 Å². The third-order valence-electron chi connectivity index (χ3n) is 9.88. The smallest absolute Gasteiger partial charge is 0.165 e. The molecule has 0 spiro atoms. The van der Waals surface area contributed by atoms with Crippen molar-refractivity contribution in [2.24, 2.45) is 0 Å². The molecule has 5 heterocycles. The van der Waals surface area contributed by atoms with E-state index in [4.69, 9.17) is 19.4 Å². The first kappa shape index (κ1) is 28.3. The van der Waals surface area contributed by atoms with Crippen molar-refractivity contribution in [2.75, 3.05) is 6.54 Å². The summed E-state index contributed by atoms with van der Waals surface area (Å²) in [5.41, 5.74) is 7.89. The zero-order valence-corrected chi connectivity index (χ0v) is 28.0. The SMILES string of the molecule is C1=c2sc3c(-c4nc(-c5ccccc5)nc(-c5ccc6oc7ccccc7c6c5)n4)cc(-n4c5ccccc5c5ccccc54)cc3c2=CCN1. The minimum Gasteiger partial charge on any atom is -0.456 e.